The second-order valence-corrected chi connectivity index (χ2v) is 7.21. The molecule has 0 N–H and O–H groups in total. The Bertz CT molecular complexity index is 1190. The van der Waals surface area contributed by atoms with E-state index in [4.69, 9.17) is 4.98 Å². The first-order valence-electron chi connectivity index (χ1n) is 8.23. The van der Waals surface area contributed by atoms with Crippen molar-refractivity contribution in [1.82, 2.24) is 24.1 Å². The molecule has 0 aromatic carbocycles. The highest BCUT2D eigenvalue weighted by atomic mass is 32.1. The van der Waals surface area contributed by atoms with E-state index in [9.17, 15) is 4.79 Å². The van der Waals surface area contributed by atoms with Gasteiger partial charge < -0.3 is 0 Å². The Balaban J connectivity index is 1.92. The van der Waals surface area contributed by atoms with Gasteiger partial charge in [-0.15, -0.1) is 23.0 Å². The molecule has 124 valence electrons. The van der Waals surface area contributed by atoms with Gasteiger partial charge in [-0.2, -0.15) is 4.52 Å². The quantitative estimate of drug-likeness (QED) is 0.534. The molecule has 4 aromatic heterocycles. The molecule has 0 spiro atoms. The highest BCUT2D eigenvalue weighted by Crippen LogP contribution is 2.38. The van der Waals surface area contributed by atoms with Gasteiger partial charge in [-0.05, 0) is 37.0 Å². The van der Waals surface area contributed by atoms with Gasteiger partial charge in [0.1, 0.15) is 4.83 Å². The number of aryl methyl sites for hydroxylation is 2. The summed E-state index contributed by atoms with van der Waals surface area (Å²) in [5.41, 5.74) is 2.67. The molecule has 0 fully saturated rings. The van der Waals surface area contributed by atoms with Crippen molar-refractivity contribution in [2.45, 2.75) is 25.8 Å². The van der Waals surface area contributed by atoms with Crippen LogP contribution in [-0.2, 0) is 19.4 Å². The Morgan fingerprint density at radius 1 is 1.28 bits per heavy atom. The smallest absolute Gasteiger partial charge is 0.279 e. The van der Waals surface area contributed by atoms with Crippen LogP contribution in [0.4, 0.5) is 0 Å². The maximum absolute atomic E-state index is 13.0. The fourth-order valence-corrected chi connectivity index (χ4v) is 4.92. The zero-order valence-electron chi connectivity index (χ0n) is 13.5. The molecule has 6 nitrogen and oxygen atoms in total. The number of nitrogens with zero attached hydrogens (tertiary/aromatic N) is 5. The van der Waals surface area contributed by atoms with E-state index in [-0.39, 0.29) is 5.69 Å². The summed E-state index contributed by atoms with van der Waals surface area (Å²) in [7, 11) is 0. The highest BCUT2D eigenvalue weighted by Gasteiger charge is 2.25. The fraction of sp³-hybridized carbons (Fsp3) is 0.222. The van der Waals surface area contributed by atoms with E-state index < -0.39 is 0 Å². The largest absolute Gasteiger partial charge is 0.352 e. The standard InChI is InChI=1S/C18H15N5OS/c1-2-10-22-17-14(12-4-3-5-13(12)25-17)16-20-15(21-23(16)18(22)24)11-6-8-19-9-7-11/h2,6-9H,1,3-5,10H2. The van der Waals surface area contributed by atoms with Gasteiger partial charge in [0.05, 0.1) is 5.39 Å². The van der Waals surface area contributed by atoms with E-state index in [1.54, 1.807) is 34.4 Å². The molecule has 0 atom stereocenters. The molecule has 1 aliphatic carbocycles. The maximum atomic E-state index is 13.0. The van der Waals surface area contributed by atoms with Gasteiger partial charge in [0.25, 0.3) is 0 Å². The molecule has 0 unspecified atom stereocenters. The average Bonchev–Trinajstić information content (AvgIpc) is 3.33. The van der Waals surface area contributed by atoms with Crippen LogP contribution in [0.15, 0.2) is 42.0 Å². The molecule has 0 saturated heterocycles. The van der Waals surface area contributed by atoms with Crippen LogP contribution in [0.25, 0.3) is 27.3 Å². The van der Waals surface area contributed by atoms with Crippen LogP contribution in [0.1, 0.15) is 16.9 Å². The molecule has 25 heavy (non-hydrogen) atoms. The van der Waals surface area contributed by atoms with E-state index in [1.165, 1.54) is 15.0 Å². The Morgan fingerprint density at radius 3 is 2.92 bits per heavy atom. The molecule has 5 rings (SSSR count). The summed E-state index contributed by atoms with van der Waals surface area (Å²) in [6.07, 6.45) is 8.43. The van der Waals surface area contributed by atoms with Gasteiger partial charge in [0.15, 0.2) is 11.5 Å². The minimum Gasteiger partial charge on any atom is -0.279 e. The summed E-state index contributed by atoms with van der Waals surface area (Å²) in [5, 5.41) is 5.57. The molecule has 0 amide bonds. The van der Waals surface area contributed by atoms with Crippen molar-refractivity contribution in [2.75, 3.05) is 0 Å². The minimum atomic E-state index is -0.171. The van der Waals surface area contributed by atoms with E-state index in [2.05, 4.69) is 16.7 Å². The minimum absolute atomic E-state index is 0.171. The molecule has 4 heterocycles. The van der Waals surface area contributed by atoms with Gasteiger partial charge in [-0.3, -0.25) is 9.55 Å². The monoisotopic (exact) mass is 349 g/mol. The Hall–Kier alpha value is -2.80. The van der Waals surface area contributed by atoms with Crippen molar-refractivity contribution < 1.29 is 0 Å². The van der Waals surface area contributed by atoms with Crippen molar-refractivity contribution in [2.24, 2.45) is 0 Å². The number of rotatable bonds is 3. The molecular formula is C18H15N5OS. The molecular weight excluding hydrogens is 334 g/mol. The van der Waals surface area contributed by atoms with Crippen LogP contribution in [0, 0.1) is 0 Å². The second kappa shape index (κ2) is 5.35. The number of hydrogen-bond donors (Lipinski definition) is 0. The normalized spacial score (nSPS) is 13.6. The van der Waals surface area contributed by atoms with Gasteiger partial charge in [-0.1, -0.05) is 6.08 Å². The first kappa shape index (κ1) is 14.5. The van der Waals surface area contributed by atoms with Crippen LogP contribution in [0.3, 0.4) is 0 Å². The molecule has 7 heteroatoms. The highest BCUT2D eigenvalue weighted by molar-refractivity contribution is 7.19. The van der Waals surface area contributed by atoms with Gasteiger partial charge >= 0.3 is 5.69 Å². The summed E-state index contributed by atoms with van der Waals surface area (Å²) >= 11 is 1.71. The number of allylic oxidation sites excluding steroid dienone is 1. The predicted octanol–water partition coefficient (Wildman–Crippen LogP) is 2.84. The van der Waals surface area contributed by atoms with Crippen molar-refractivity contribution in [3.8, 4) is 11.4 Å². The topological polar surface area (TPSA) is 65.1 Å². The van der Waals surface area contributed by atoms with Crippen molar-refractivity contribution in [3.05, 3.63) is 58.1 Å². The zero-order valence-corrected chi connectivity index (χ0v) is 14.3. The lowest BCUT2D eigenvalue weighted by Gasteiger charge is -2.05. The second-order valence-electron chi connectivity index (χ2n) is 6.13. The van der Waals surface area contributed by atoms with E-state index >= 15 is 0 Å². The molecule has 1 aliphatic rings. The molecule has 4 aromatic rings. The third-order valence-corrected chi connectivity index (χ3v) is 5.96. The van der Waals surface area contributed by atoms with Crippen molar-refractivity contribution in [3.63, 3.8) is 0 Å². The Morgan fingerprint density at radius 2 is 2.12 bits per heavy atom. The fourth-order valence-electron chi connectivity index (χ4n) is 3.53. The number of aromatic nitrogens is 5. The number of hydrogen-bond acceptors (Lipinski definition) is 5. The van der Waals surface area contributed by atoms with E-state index in [1.807, 2.05) is 12.1 Å². The van der Waals surface area contributed by atoms with Gasteiger partial charge in [0.2, 0.25) is 0 Å². The summed E-state index contributed by atoms with van der Waals surface area (Å²) in [5.74, 6) is 0.551. The summed E-state index contributed by atoms with van der Waals surface area (Å²) < 4.78 is 3.19. The number of thiophene rings is 1. The number of fused-ring (bicyclic) bond motifs is 5. The molecule has 0 radical (unpaired) electrons. The van der Waals surface area contributed by atoms with E-state index in [0.29, 0.717) is 18.0 Å². The number of pyridine rings is 1. The van der Waals surface area contributed by atoms with Crippen molar-refractivity contribution >= 4 is 27.2 Å². The third-order valence-electron chi connectivity index (χ3n) is 4.64. The van der Waals surface area contributed by atoms with Crippen LogP contribution >= 0.6 is 11.3 Å². The third kappa shape index (κ3) is 2.02. The first-order valence-corrected chi connectivity index (χ1v) is 9.04. The average molecular weight is 349 g/mol. The lowest BCUT2D eigenvalue weighted by atomic mass is 10.2. The lowest BCUT2D eigenvalue weighted by Crippen LogP contribution is -2.27. The molecule has 0 aliphatic heterocycles. The van der Waals surface area contributed by atoms with Crippen LogP contribution in [0.2, 0.25) is 0 Å². The summed E-state index contributed by atoms with van der Waals surface area (Å²) in [4.78, 5) is 24.1. The molecule has 0 bridgehead atoms. The van der Waals surface area contributed by atoms with Crippen LogP contribution < -0.4 is 5.69 Å². The lowest BCUT2D eigenvalue weighted by molar-refractivity contribution is 0.733. The van der Waals surface area contributed by atoms with Gasteiger partial charge in [-0.25, -0.2) is 9.78 Å². The predicted molar refractivity (Wildman–Crippen MR) is 98.1 cm³/mol. The SMILES string of the molecule is C=CCn1c(=O)n2nc(-c3ccncc3)nc2c2c3c(sc21)CCC3. The summed E-state index contributed by atoms with van der Waals surface area (Å²) in [6.45, 7) is 4.26. The Kier molecular flexibility index (Phi) is 3.11. The summed E-state index contributed by atoms with van der Waals surface area (Å²) in [6, 6.07) is 3.71. The Labute approximate surface area is 147 Å². The van der Waals surface area contributed by atoms with Crippen molar-refractivity contribution in [1.29, 1.82) is 0 Å². The van der Waals surface area contributed by atoms with Crippen LogP contribution in [0.5, 0.6) is 0 Å². The maximum Gasteiger partial charge on any atom is 0.352 e. The molecule has 0 saturated carbocycles. The van der Waals surface area contributed by atoms with E-state index in [0.717, 1.165) is 35.0 Å². The van der Waals surface area contributed by atoms with Crippen LogP contribution in [-0.4, -0.2) is 24.1 Å². The van der Waals surface area contributed by atoms with Gasteiger partial charge in [0, 0.05) is 29.4 Å². The first-order chi connectivity index (χ1) is 12.3. The zero-order chi connectivity index (χ0) is 17.0.